The minimum Gasteiger partial charge on any atom is -0.377 e. The summed E-state index contributed by atoms with van der Waals surface area (Å²) in [6, 6.07) is 0. The Balaban J connectivity index is 5.26. The number of alkyl halides is 1. The first-order chi connectivity index (χ1) is 18.4. The van der Waals surface area contributed by atoms with Crippen LogP contribution in [0, 0.1) is 10.8 Å². The lowest BCUT2D eigenvalue weighted by Gasteiger charge is -2.51. The van der Waals surface area contributed by atoms with Gasteiger partial charge in [-0.05, 0) is 24.7 Å². The van der Waals surface area contributed by atoms with Gasteiger partial charge in [-0.2, -0.15) is 0 Å². The lowest BCUT2D eigenvalue weighted by molar-refractivity contribution is -0.109. The highest BCUT2D eigenvalue weighted by atomic mass is 79.9. The van der Waals surface area contributed by atoms with Crippen LogP contribution in [-0.4, -0.2) is 18.0 Å². The summed E-state index contributed by atoms with van der Waals surface area (Å²) in [7, 11) is 0. The van der Waals surface area contributed by atoms with Crippen molar-refractivity contribution in [1.82, 2.24) is 0 Å². The first-order valence-electron chi connectivity index (χ1n) is 17.6. The van der Waals surface area contributed by atoms with E-state index >= 15 is 0 Å². The summed E-state index contributed by atoms with van der Waals surface area (Å²) in [5, 5.41) is 0.954. The molecule has 38 heavy (non-hydrogen) atoms. The zero-order valence-electron chi connectivity index (χ0n) is 27.5. The van der Waals surface area contributed by atoms with Crippen LogP contribution in [0.2, 0.25) is 0 Å². The fraction of sp³-hybridized carbons (Fsp3) is 1.00. The maximum atomic E-state index is 6.81. The monoisotopic (exact) mass is 600 g/mol. The van der Waals surface area contributed by atoms with E-state index in [0.29, 0.717) is 11.5 Å². The molecule has 0 bridgehead atoms. The van der Waals surface area contributed by atoms with Gasteiger partial charge in [0.1, 0.15) is 0 Å². The van der Waals surface area contributed by atoms with Gasteiger partial charge in [0.2, 0.25) is 0 Å². The van der Waals surface area contributed by atoms with E-state index in [2.05, 4.69) is 57.5 Å². The molecule has 0 fully saturated rings. The Bertz CT molecular complexity index is 448. The molecule has 0 N–H and O–H groups in total. The minimum atomic E-state index is 0.272. The molecule has 0 aromatic heterocycles. The summed E-state index contributed by atoms with van der Waals surface area (Å²) >= 11 is 3.68. The van der Waals surface area contributed by atoms with Crippen molar-refractivity contribution < 1.29 is 4.74 Å². The second-order valence-electron chi connectivity index (χ2n) is 13.5. The Hall–Kier alpha value is 0.440. The predicted octanol–water partition coefficient (Wildman–Crippen LogP) is 13.6. The van der Waals surface area contributed by atoms with Gasteiger partial charge in [-0.25, -0.2) is 0 Å². The lowest BCUT2D eigenvalue weighted by Crippen LogP contribution is -2.47. The molecule has 2 heteroatoms. The lowest BCUT2D eigenvalue weighted by atomic mass is 9.57. The molecule has 0 aromatic carbocycles. The third kappa shape index (κ3) is 18.7. The van der Waals surface area contributed by atoms with Crippen LogP contribution >= 0.6 is 15.9 Å². The highest BCUT2D eigenvalue weighted by Crippen LogP contribution is 2.52. The average Bonchev–Trinajstić information content (AvgIpc) is 2.89. The van der Waals surface area contributed by atoms with E-state index in [9.17, 15) is 0 Å². The number of unbranched alkanes of at least 4 members (excludes halogenated alkanes) is 19. The predicted molar refractivity (Wildman–Crippen MR) is 178 cm³/mol. The first-order valence-corrected chi connectivity index (χ1v) is 18.7. The van der Waals surface area contributed by atoms with Crippen molar-refractivity contribution in [2.45, 2.75) is 208 Å². The summed E-state index contributed by atoms with van der Waals surface area (Å²) in [5.41, 5.74) is 0.567. The summed E-state index contributed by atoms with van der Waals surface area (Å²) in [6.45, 7) is 15.4. The van der Waals surface area contributed by atoms with Crippen LogP contribution < -0.4 is 0 Å². The van der Waals surface area contributed by atoms with E-state index in [-0.39, 0.29) is 5.41 Å². The molecule has 1 nitrogen and oxygen atoms in total. The number of hydrogen-bond donors (Lipinski definition) is 0. The van der Waals surface area contributed by atoms with E-state index in [4.69, 9.17) is 4.74 Å². The van der Waals surface area contributed by atoms with Crippen molar-refractivity contribution in [3.8, 4) is 0 Å². The van der Waals surface area contributed by atoms with Gasteiger partial charge in [0, 0.05) is 10.7 Å². The van der Waals surface area contributed by atoms with Gasteiger partial charge in [0.05, 0.1) is 12.7 Å². The molecule has 1 atom stereocenters. The van der Waals surface area contributed by atoms with Crippen molar-refractivity contribution in [3.63, 3.8) is 0 Å². The maximum Gasteiger partial charge on any atom is 0.0636 e. The summed E-state index contributed by atoms with van der Waals surface area (Å²) in [4.78, 5) is 0. The van der Waals surface area contributed by atoms with Gasteiger partial charge in [0.25, 0.3) is 0 Å². The molecule has 0 amide bonds. The summed E-state index contributed by atoms with van der Waals surface area (Å²) in [6.07, 6.45) is 35.2. The van der Waals surface area contributed by atoms with E-state index in [0.717, 1.165) is 11.9 Å². The molecule has 0 saturated carbocycles. The third-order valence-corrected chi connectivity index (χ3v) is 9.60. The molecule has 0 aliphatic heterocycles. The molecule has 0 saturated heterocycles. The molecule has 0 spiro atoms. The maximum absolute atomic E-state index is 6.81. The Morgan fingerprint density at radius 3 is 1.18 bits per heavy atom. The Labute approximate surface area is 250 Å². The standard InChI is InChI=1S/C36H73BrO/c1-7-10-13-16-19-21-24-27-30-36(35(4,5)6,31-28-25-22-20-17-14-11-8-2)34(38-33-32-37)29-26-23-18-15-12-9-3/h34H,7-33H2,1-6H3. The van der Waals surface area contributed by atoms with Crippen LogP contribution in [0.1, 0.15) is 202 Å². The van der Waals surface area contributed by atoms with Gasteiger partial charge in [-0.1, -0.05) is 199 Å². The molecule has 230 valence electrons. The van der Waals surface area contributed by atoms with Gasteiger partial charge in [-0.15, -0.1) is 0 Å². The van der Waals surface area contributed by atoms with Gasteiger partial charge < -0.3 is 4.74 Å². The zero-order valence-corrected chi connectivity index (χ0v) is 29.0. The zero-order chi connectivity index (χ0) is 28.4. The molecule has 0 aliphatic carbocycles. The van der Waals surface area contributed by atoms with Crippen LogP contribution in [0.5, 0.6) is 0 Å². The van der Waals surface area contributed by atoms with Crippen molar-refractivity contribution >= 4 is 15.9 Å². The average molecular weight is 602 g/mol. The fourth-order valence-electron chi connectivity index (χ4n) is 6.64. The number of ether oxygens (including phenoxy) is 1. The molecule has 1 unspecified atom stereocenters. The Morgan fingerprint density at radius 2 is 0.842 bits per heavy atom. The largest absolute Gasteiger partial charge is 0.377 e. The van der Waals surface area contributed by atoms with Crippen LogP contribution in [-0.2, 0) is 4.74 Å². The topological polar surface area (TPSA) is 9.23 Å². The van der Waals surface area contributed by atoms with Crippen molar-refractivity contribution in [3.05, 3.63) is 0 Å². The van der Waals surface area contributed by atoms with Gasteiger partial charge in [-0.3, -0.25) is 0 Å². The molecule has 0 radical (unpaired) electrons. The third-order valence-electron chi connectivity index (χ3n) is 9.28. The highest BCUT2D eigenvalue weighted by molar-refractivity contribution is 9.09. The van der Waals surface area contributed by atoms with Crippen LogP contribution in [0.15, 0.2) is 0 Å². The highest BCUT2D eigenvalue weighted by Gasteiger charge is 2.47. The summed E-state index contributed by atoms with van der Waals surface area (Å²) in [5.74, 6) is 0. The van der Waals surface area contributed by atoms with E-state index in [1.165, 1.54) is 161 Å². The van der Waals surface area contributed by atoms with Gasteiger partial charge in [0.15, 0.2) is 0 Å². The Kier molecular flexibility index (Phi) is 26.7. The smallest absolute Gasteiger partial charge is 0.0636 e. The van der Waals surface area contributed by atoms with Crippen molar-refractivity contribution in [2.24, 2.45) is 10.8 Å². The quantitative estimate of drug-likeness (QED) is 0.0612. The van der Waals surface area contributed by atoms with E-state index in [1.807, 2.05) is 0 Å². The van der Waals surface area contributed by atoms with Crippen LogP contribution in [0.25, 0.3) is 0 Å². The fourth-order valence-corrected chi connectivity index (χ4v) is 6.83. The minimum absolute atomic E-state index is 0.272. The first kappa shape index (κ1) is 38.4. The molecule has 0 rings (SSSR count). The van der Waals surface area contributed by atoms with Gasteiger partial charge >= 0.3 is 0 Å². The second-order valence-corrected chi connectivity index (χ2v) is 14.3. The molecule has 0 aliphatic rings. The molecular weight excluding hydrogens is 528 g/mol. The molecule has 0 heterocycles. The number of rotatable bonds is 29. The van der Waals surface area contributed by atoms with E-state index < -0.39 is 0 Å². The van der Waals surface area contributed by atoms with E-state index in [1.54, 1.807) is 0 Å². The Morgan fingerprint density at radius 1 is 0.500 bits per heavy atom. The van der Waals surface area contributed by atoms with Crippen LogP contribution in [0.4, 0.5) is 0 Å². The summed E-state index contributed by atoms with van der Waals surface area (Å²) < 4.78 is 6.81. The van der Waals surface area contributed by atoms with Crippen molar-refractivity contribution in [2.75, 3.05) is 11.9 Å². The normalized spacial score (nSPS) is 13.3. The molecular formula is C36H73BrO. The SMILES string of the molecule is CCCCCCCCCCC(CCCCCCCCCC)(C(CCCCCCCC)OCCBr)C(C)(C)C. The second kappa shape index (κ2) is 26.3. The van der Waals surface area contributed by atoms with Crippen molar-refractivity contribution in [1.29, 1.82) is 0 Å². The molecule has 0 aromatic rings. The number of halogens is 1. The van der Waals surface area contributed by atoms with Crippen LogP contribution in [0.3, 0.4) is 0 Å². The number of hydrogen-bond acceptors (Lipinski definition) is 1.